The van der Waals surface area contributed by atoms with Gasteiger partial charge in [0.15, 0.2) is 9.52 Å². The maximum atomic E-state index is 5.66. The molecule has 0 fully saturated rings. The fourth-order valence-corrected chi connectivity index (χ4v) is 2.66. The molecule has 15 heavy (non-hydrogen) atoms. The second-order valence-corrected chi connectivity index (χ2v) is 5.68. The van der Waals surface area contributed by atoms with Crippen molar-refractivity contribution in [2.45, 2.75) is 31.9 Å². The molecule has 0 unspecified atom stereocenters. The molecule has 0 amide bonds. The lowest BCUT2D eigenvalue weighted by atomic mass is 9.91. The first-order valence-electron chi connectivity index (χ1n) is 5.06. The maximum absolute atomic E-state index is 5.66. The third-order valence-corrected chi connectivity index (χ3v) is 4.05. The van der Waals surface area contributed by atoms with Crippen LogP contribution in [0.15, 0.2) is 0 Å². The van der Waals surface area contributed by atoms with Crippen molar-refractivity contribution in [3.05, 3.63) is 0 Å². The molecule has 0 bridgehead atoms. The van der Waals surface area contributed by atoms with Gasteiger partial charge >= 0.3 is 0 Å². The Morgan fingerprint density at radius 1 is 1.07 bits per heavy atom. The van der Waals surface area contributed by atoms with Crippen LogP contribution in [0.2, 0.25) is 6.04 Å². The second kappa shape index (κ2) is 6.60. The normalized spacial score (nSPS) is 13.2. The van der Waals surface area contributed by atoms with Gasteiger partial charge in [0, 0.05) is 21.3 Å². The van der Waals surface area contributed by atoms with Gasteiger partial charge < -0.3 is 19.9 Å². The molecule has 0 aliphatic rings. The number of rotatable bonds is 8. The van der Waals surface area contributed by atoms with Crippen molar-refractivity contribution in [3.63, 3.8) is 0 Å². The summed E-state index contributed by atoms with van der Waals surface area (Å²) >= 11 is 0. The minimum absolute atomic E-state index is 0.175. The Kier molecular flexibility index (Phi) is 6.62. The van der Waals surface area contributed by atoms with E-state index in [-0.39, 0.29) is 5.41 Å². The molecule has 0 aliphatic carbocycles. The van der Waals surface area contributed by atoms with E-state index in [4.69, 9.17) is 19.9 Å². The van der Waals surface area contributed by atoms with Crippen LogP contribution in [0.3, 0.4) is 0 Å². The molecule has 5 heteroatoms. The van der Waals surface area contributed by atoms with E-state index in [9.17, 15) is 0 Å². The first-order valence-corrected chi connectivity index (χ1v) is 6.26. The summed E-state index contributed by atoms with van der Waals surface area (Å²) < 4.78 is 15.7. The highest BCUT2D eigenvalue weighted by molar-refractivity contribution is 6.38. The number of ether oxygens (including phenoxy) is 3. The average molecular weight is 233 g/mol. The predicted octanol–water partition coefficient (Wildman–Crippen LogP) is 1.03. The quantitative estimate of drug-likeness (QED) is 0.503. The van der Waals surface area contributed by atoms with Crippen LogP contribution >= 0.6 is 0 Å². The van der Waals surface area contributed by atoms with Gasteiger partial charge in [-0.2, -0.15) is 0 Å². The third kappa shape index (κ3) is 5.08. The number of hydrogen-bond acceptors (Lipinski definition) is 4. The smallest absolute Gasteiger partial charge is 0.250 e. The lowest BCUT2D eigenvalue weighted by molar-refractivity contribution is -0.294. The van der Waals surface area contributed by atoms with Crippen molar-refractivity contribution in [2.24, 2.45) is 11.1 Å². The van der Waals surface area contributed by atoms with E-state index in [1.165, 1.54) is 0 Å². The molecule has 0 rings (SSSR count). The lowest BCUT2D eigenvalue weighted by Gasteiger charge is -2.30. The molecule has 0 atom stereocenters. The van der Waals surface area contributed by atoms with E-state index >= 15 is 0 Å². The molecule has 0 saturated carbocycles. The summed E-state index contributed by atoms with van der Waals surface area (Å²) in [5, 5.41) is 0. The van der Waals surface area contributed by atoms with Crippen LogP contribution in [0.5, 0.6) is 0 Å². The zero-order chi connectivity index (χ0) is 11.9. The van der Waals surface area contributed by atoms with Crippen LogP contribution < -0.4 is 5.73 Å². The summed E-state index contributed by atoms with van der Waals surface area (Å²) in [7, 11) is 5.22. The highest BCUT2D eigenvalue weighted by Crippen LogP contribution is 2.22. The summed E-state index contributed by atoms with van der Waals surface area (Å²) in [6.45, 7) is 5.01. The first-order chi connectivity index (χ1) is 6.95. The van der Waals surface area contributed by atoms with Crippen LogP contribution in [0.4, 0.5) is 0 Å². The average Bonchev–Trinajstić information content (AvgIpc) is 2.25. The Balaban J connectivity index is 4.02. The highest BCUT2D eigenvalue weighted by Gasteiger charge is 2.30. The first kappa shape index (κ1) is 15.1. The third-order valence-electron chi connectivity index (χ3n) is 2.50. The molecule has 0 aromatic heterocycles. The van der Waals surface area contributed by atoms with Crippen LogP contribution in [0.1, 0.15) is 20.3 Å². The van der Waals surface area contributed by atoms with Gasteiger partial charge in [0.25, 0.3) is 5.60 Å². The topological polar surface area (TPSA) is 53.7 Å². The van der Waals surface area contributed by atoms with Gasteiger partial charge in [0.1, 0.15) is 0 Å². The Morgan fingerprint density at radius 2 is 1.53 bits per heavy atom. The van der Waals surface area contributed by atoms with Crippen molar-refractivity contribution in [1.29, 1.82) is 0 Å². The number of hydrogen-bond donors (Lipinski definition) is 1. The zero-order valence-corrected chi connectivity index (χ0v) is 11.4. The molecule has 2 N–H and O–H groups in total. The summed E-state index contributed by atoms with van der Waals surface area (Å²) in [5.74, 6) is 0. The molecular weight excluding hydrogens is 210 g/mol. The molecule has 0 aliphatic heterocycles. The number of nitrogens with two attached hydrogens (primary N) is 1. The van der Waals surface area contributed by atoms with E-state index in [1.807, 2.05) is 0 Å². The van der Waals surface area contributed by atoms with Crippen LogP contribution in [0.25, 0.3) is 0 Å². The molecule has 0 aromatic carbocycles. The number of methoxy groups -OCH3 is 3. The van der Waals surface area contributed by atoms with Crippen LogP contribution in [-0.2, 0) is 14.2 Å². The van der Waals surface area contributed by atoms with Gasteiger partial charge in [-0.3, -0.25) is 0 Å². The van der Waals surface area contributed by atoms with Gasteiger partial charge in [0.2, 0.25) is 0 Å². The van der Waals surface area contributed by atoms with E-state index in [0.29, 0.717) is 16.1 Å². The molecule has 0 heterocycles. The van der Waals surface area contributed by atoms with Gasteiger partial charge in [-0.1, -0.05) is 19.9 Å². The lowest BCUT2D eigenvalue weighted by Crippen LogP contribution is -2.42. The van der Waals surface area contributed by atoms with Gasteiger partial charge in [-0.25, -0.2) is 0 Å². The van der Waals surface area contributed by atoms with Gasteiger partial charge in [-0.15, -0.1) is 0 Å². The second-order valence-electron chi connectivity index (χ2n) is 4.21. The molecule has 0 saturated heterocycles. The van der Waals surface area contributed by atoms with Crippen LogP contribution in [-0.4, -0.2) is 43.0 Å². The molecule has 90 valence electrons. The Labute approximate surface area is 95.3 Å². The monoisotopic (exact) mass is 233 g/mol. The minimum atomic E-state index is -0.870. The summed E-state index contributed by atoms with van der Waals surface area (Å²) in [4.78, 5) is 0. The molecule has 0 spiro atoms. The summed E-state index contributed by atoms with van der Waals surface area (Å²) in [6.07, 6.45) is 1.04. The summed E-state index contributed by atoms with van der Waals surface area (Å²) in [6, 6.07) is 0.986. The Bertz CT molecular complexity index is 164. The fourth-order valence-electron chi connectivity index (χ4n) is 1.12. The van der Waals surface area contributed by atoms with Crippen molar-refractivity contribution >= 4 is 9.52 Å². The van der Waals surface area contributed by atoms with E-state index in [0.717, 1.165) is 12.5 Å². The Morgan fingerprint density at radius 3 is 1.87 bits per heavy atom. The minimum Gasteiger partial charge on any atom is -0.335 e. The Hall–Kier alpha value is 0.0569. The molecule has 2 radical (unpaired) electrons. The van der Waals surface area contributed by atoms with Crippen LogP contribution in [0, 0.1) is 5.41 Å². The van der Waals surface area contributed by atoms with Crippen molar-refractivity contribution < 1.29 is 14.2 Å². The molecular formula is C10H23NO3Si. The largest absolute Gasteiger partial charge is 0.335 e. The summed E-state index contributed by atoms with van der Waals surface area (Å²) in [5.41, 5.74) is 4.97. The highest BCUT2D eigenvalue weighted by atomic mass is 28.2. The maximum Gasteiger partial charge on any atom is 0.250 e. The standard InChI is InChI=1S/C10H23NO3Si/c1-9(2,8-11)6-7-15-10(12-3,13-4)14-5/h6-8,11H2,1-5H3. The predicted molar refractivity (Wildman–Crippen MR) is 61.8 cm³/mol. The zero-order valence-electron chi connectivity index (χ0n) is 10.4. The van der Waals surface area contributed by atoms with Crippen molar-refractivity contribution in [3.8, 4) is 0 Å². The van der Waals surface area contributed by atoms with Gasteiger partial charge in [0.05, 0.1) is 0 Å². The molecule has 4 nitrogen and oxygen atoms in total. The van der Waals surface area contributed by atoms with E-state index in [1.54, 1.807) is 21.3 Å². The van der Waals surface area contributed by atoms with Crippen molar-refractivity contribution in [1.82, 2.24) is 0 Å². The van der Waals surface area contributed by atoms with E-state index < -0.39 is 5.60 Å². The SMILES string of the molecule is COC(OC)(OC)[Si]CCC(C)(C)CN. The molecule has 0 aromatic rings. The van der Waals surface area contributed by atoms with E-state index in [2.05, 4.69) is 13.8 Å². The van der Waals surface area contributed by atoms with Crippen molar-refractivity contribution in [2.75, 3.05) is 27.9 Å². The fraction of sp³-hybridized carbons (Fsp3) is 1.00. The van der Waals surface area contributed by atoms with Gasteiger partial charge in [-0.05, 0) is 18.4 Å².